The van der Waals surface area contributed by atoms with Gasteiger partial charge >= 0.3 is 0 Å². The summed E-state index contributed by atoms with van der Waals surface area (Å²) in [4.78, 5) is 0. The highest BCUT2D eigenvalue weighted by Gasteiger charge is 1.92. The van der Waals surface area contributed by atoms with Crippen LogP contribution in [0.2, 0.25) is 0 Å². The van der Waals surface area contributed by atoms with E-state index in [0.717, 1.165) is 6.42 Å². The van der Waals surface area contributed by atoms with E-state index < -0.39 is 0 Å². The van der Waals surface area contributed by atoms with Crippen LogP contribution in [0, 0.1) is 6.92 Å². The summed E-state index contributed by atoms with van der Waals surface area (Å²) in [5.74, 6) is 2.56. The first-order valence-electron chi connectivity index (χ1n) is 5.34. The van der Waals surface area contributed by atoms with Crippen LogP contribution in [-0.2, 0) is 6.42 Å². The first-order valence-corrected chi connectivity index (χ1v) is 6.50. The molecule has 14 heavy (non-hydrogen) atoms. The predicted octanol–water partition coefficient (Wildman–Crippen LogP) is 3.97. The number of benzene rings is 1. The minimum absolute atomic E-state index is 1.08. The van der Waals surface area contributed by atoms with Gasteiger partial charge in [0.2, 0.25) is 0 Å². The Bertz CT molecular complexity index is 218. The van der Waals surface area contributed by atoms with Gasteiger partial charge in [-0.2, -0.15) is 11.8 Å². The SMILES string of the molecule is [CH2]CCCSCCCc1ccccc1. The first kappa shape index (κ1) is 11.6. The summed E-state index contributed by atoms with van der Waals surface area (Å²) in [7, 11) is 0. The van der Waals surface area contributed by atoms with Crippen LogP contribution in [0.3, 0.4) is 0 Å². The summed E-state index contributed by atoms with van der Waals surface area (Å²) in [6, 6.07) is 10.7. The zero-order valence-corrected chi connectivity index (χ0v) is 9.56. The third-order valence-corrected chi connectivity index (χ3v) is 3.29. The Balaban J connectivity index is 1.99. The van der Waals surface area contributed by atoms with Crippen molar-refractivity contribution in [2.24, 2.45) is 0 Å². The standard InChI is InChI=1S/C13H19S/c1-2-3-11-14-12-7-10-13-8-5-4-6-9-13/h4-6,8-9H,1-3,7,10-12H2. The molecule has 0 aromatic heterocycles. The van der Waals surface area contributed by atoms with Crippen LogP contribution in [0.5, 0.6) is 0 Å². The average molecular weight is 207 g/mol. The highest BCUT2D eigenvalue weighted by molar-refractivity contribution is 7.99. The number of hydrogen-bond donors (Lipinski definition) is 0. The molecule has 0 aliphatic carbocycles. The second-order valence-corrected chi connectivity index (χ2v) is 4.63. The molecule has 0 heterocycles. The van der Waals surface area contributed by atoms with Gasteiger partial charge in [-0.15, -0.1) is 0 Å². The van der Waals surface area contributed by atoms with Crippen molar-refractivity contribution in [3.8, 4) is 0 Å². The van der Waals surface area contributed by atoms with Crippen molar-refractivity contribution in [3.05, 3.63) is 42.8 Å². The first-order chi connectivity index (χ1) is 6.93. The minimum Gasteiger partial charge on any atom is -0.162 e. The van der Waals surface area contributed by atoms with E-state index in [1.165, 1.54) is 36.3 Å². The summed E-state index contributed by atoms with van der Waals surface area (Å²) in [5.41, 5.74) is 1.46. The number of hydrogen-bond acceptors (Lipinski definition) is 1. The Morgan fingerprint density at radius 3 is 2.43 bits per heavy atom. The van der Waals surface area contributed by atoms with Crippen molar-refractivity contribution in [3.63, 3.8) is 0 Å². The summed E-state index contributed by atoms with van der Waals surface area (Å²) in [5, 5.41) is 0. The number of thioether (sulfide) groups is 1. The van der Waals surface area contributed by atoms with Gasteiger partial charge in [0.05, 0.1) is 0 Å². The summed E-state index contributed by atoms with van der Waals surface area (Å²) in [6.45, 7) is 3.84. The van der Waals surface area contributed by atoms with Crippen molar-refractivity contribution < 1.29 is 0 Å². The Hall–Kier alpha value is -0.430. The Labute approximate surface area is 92.1 Å². The zero-order chi connectivity index (χ0) is 10.1. The molecule has 0 spiro atoms. The molecule has 1 radical (unpaired) electrons. The fraction of sp³-hybridized carbons (Fsp3) is 0.462. The maximum absolute atomic E-state index is 3.84. The molecule has 0 bridgehead atoms. The molecule has 0 aliphatic rings. The number of rotatable bonds is 7. The summed E-state index contributed by atoms with van der Waals surface area (Å²) < 4.78 is 0. The Morgan fingerprint density at radius 2 is 1.71 bits per heavy atom. The summed E-state index contributed by atoms with van der Waals surface area (Å²) in [6.07, 6.45) is 4.85. The molecule has 0 fully saturated rings. The van der Waals surface area contributed by atoms with Crippen LogP contribution >= 0.6 is 11.8 Å². The maximum atomic E-state index is 3.84. The van der Waals surface area contributed by atoms with Crippen LogP contribution in [-0.4, -0.2) is 11.5 Å². The molecule has 0 saturated carbocycles. The molecule has 0 unspecified atom stereocenters. The van der Waals surface area contributed by atoms with Crippen molar-refractivity contribution >= 4 is 11.8 Å². The van der Waals surface area contributed by atoms with Crippen LogP contribution in [0.25, 0.3) is 0 Å². The van der Waals surface area contributed by atoms with E-state index in [0.29, 0.717) is 0 Å². The lowest BCUT2D eigenvalue weighted by molar-refractivity contribution is 0.924. The largest absolute Gasteiger partial charge is 0.162 e. The van der Waals surface area contributed by atoms with Crippen LogP contribution < -0.4 is 0 Å². The lowest BCUT2D eigenvalue weighted by Crippen LogP contribution is -1.88. The molecule has 1 rings (SSSR count). The van der Waals surface area contributed by atoms with Gasteiger partial charge in [-0.25, -0.2) is 0 Å². The summed E-state index contributed by atoms with van der Waals surface area (Å²) >= 11 is 2.06. The molecule has 1 aromatic carbocycles. The van der Waals surface area contributed by atoms with Gasteiger partial charge in [0.25, 0.3) is 0 Å². The molecule has 1 heteroatoms. The van der Waals surface area contributed by atoms with Crippen LogP contribution in [0.4, 0.5) is 0 Å². The molecule has 0 amide bonds. The maximum Gasteiger partial charge on any atom is -0.00644 e. The quantitative estimate of drug-likeness (QED) is 0.610. The minimum atomic E-state index is 1.08. The Kier molecular flexibility index (Phi) is 6.59. The van der Waals surface area contributed by atoms with E-state index in [1.807, 2.05) is 0 Å². The molecule has 77 valence electrons. The molecule has 1 aromatic rings. The van der Waals surface area contributed by atoms with E-state index in [-0.39, 0.29) is 0 Å². The van der Waals surface area contributed by atoms with Crippen LogP contribution in [0.1, 0.15) is 24.8 Å². The van der Waals surface area contributed by atoms with Gasteiger partial charge in [-0.1, -0.05) is 43.7 Å². The average Bonchev–Trinajstić information content (AvgIpc) is 2.25. The van der Waals surface area contributed by atoms with Crippen molar-refractivity contribution in [1.29, 1.82) is 0 Å². The van der Waals surface area contributed by atoms with E-state index in [1.54, 1.807) is 0 Å². The Morgan fingerprint density at radius 1 is 1.00 bits per heavy atom. The fourth-order valence-corrected chi connectivity index (χ4v) is 2.29. The number of aryl methyl sites for hydroxylation is 1. The third-order valence-electron chi connectivity index (χ3n) is 2.14. The van der Waals surface area contributed by atoms with Crippen LogP contribution in [0.15, 0.2) is 30.3 Å². The van der Waals surface area contributed by atoms with Crippen molar-refractivity contribution in [2.75, 3.05) is 11.5 Å². The number of unbranched alkanes of at least 4 members (excludes halogenated alkanes) is 1. The van der Waals surface area contributed by atoms with Crippen molar-refractivity contribution in [1.82, 2.24) is 0 Å². The van der Waals surface area contributed by atoms with Gasteiger partial charge in [-0.3, -0.25) is 0 Å². The van der Waals surface area contributed by atoms with Gasteiger partial charge in [0.15, 0.2) is 0 Å². The third kappa shape index (κ3) is 5.33. The molecular formula is C13H19S. The van der Waals surface area contributed by atoms with Crippen molar-refractivity contribution in [2.45, 2.75) is 25.7 Å². The topological polar surface area (TPSA) is 0 Å². The fourth-order valence-electron chi connectivity index (χ4n) is 1.33. The monoisotopic (exact) mass is 207 g/mol. The highest BCUT2D eigenvalue weighted by Crippen LogP contribution is 2.09. The molecule has 0 aliphatic heterocycles. The molecule has 0 nitrogen and oxygen atoms in total. The van der Waals surface area contributed by atoms with E-state index in [4.69, 9.17) is 0 Å². The predicted molar refractivity (Wildman–Crippen MR) is 66.7 cm³/mol. The van der Waals surface area contributed by atoms with E-state index in [2.05, 4.69) is 49.0 Å². The second kappa shape index (κ2) is 7.93. The highest BCUT2D eigenvalue weighted by atomic mass is 32.2. The van der Waals surface area contributed by atoms with Gasteiger partial charge in [-0.05, 0) is 36.3 Å². The van der Waals surface area contributed by atoms with Gasteiger partial charge in [0.1, 0.15) is 0 Å². The molecule has 0 N–H and O–H groups in total. The smallest absolute Gasteiger partial charge is 0.00644 e. The van der Waals surface area contributed by atoms with Gasteiger partial charge in [0, 0.05) is 0 Å². The normalized spacial score (nSPS) is 10.4. The molecule has 0 atom stereocenters. The van der Waals surface area contributed by atoms with Gasteiger partial charge < -0.3 is 0 Å². The second-order valence-electron chi connectivity index (χ2n) is 3.41. The van der Waals surface area contributed by atoms with E-state index >= 15 is 0 Å². The molecule has 0 saturated heterocycles. The zero-order valence-electron chi connectivity index (χ0n) is 8.74. The molecular weight excluding hydrogens is 188 g/mol. The lowest BCUT2D eigenvalue weighted by atomic mass is 10.1. The van der Waals surface area contributed by atoms with E-state index in [9.17, 15) is 0 Å². The lowest BCUT2D eigenvalue weighted by Gasteiger charge is -2.01.